The van der Waals surface area contributed by atoms with Crippen molar-refractivity contribution in [2.45, 2.75) is 52.4 Å². The first kappa shape index (κ1) is 14.3. The van der Waals surface area contributed by atoms with E-state index in [-0.39, 0.29) is 11.3 Å². The molecule has 1 saturated carbocycles. The summed E-state index contributed by atoms with van der Waals surface area (Å²) in [4.78, 5) is 12.4. The van der Waals surface area contributed by atoms with Crippen LogP contribution in [0.15, 0.2) is 30.3 Å². The first-order valence-electron chi connectivity index (χ1n) is 7.51. The molecule has 1 aliphatic carbocycles. The van der Waals surface area contributed by atoms with E-state index in [0.717, 1.165) is 19.3 Å². The second kappa shape index (κ2) is 5.48. The molecule has 0 aromatic heterocycles. The Morgan fingerprint density at radius 2 is 1.79 bits per heavy atom. The van der Waals surface area contributed by atoms with E-state index < -0.39 is 0 Å². The molecule has 19 heavy (non-hydrogen) atoms. The van der Waals surface area contributed by atoms with Crippen LogP contribution in [0.5, 0.6) is 0 Å². The van der Waals surface area contributed by atoms with Crippen molar-refractivity contribution in [2.75, 3.05) is 0 Å². The second-order valence-electron chi connectivity index (χ2n) is 6.89. The quantitative estimate of drug-likeness (QED) is 0.774. The molecule has 0 saturated heterocycles. The van der Waals surface area contributed by atoms with Crippen molar-refractivity contribution in [3.63, 3.8) is 0 Å². The van der Waals surface area contributed by atoms with E-state index in [9.17, 15) is 4.79 Å². The fourth-order valence-corrected chi connectivity index (χ4v) is 3.43. The first-order chi connectivity index (χ1) is 8.93. The Labute approximate surface area is 117 Å². The van der Waals surface area contributed by atoms with Gasteiger partial charge in [-0.15, -0.1) is 0 Å². The summed E-state index contributed by atoms with van der Waals surface area (Å²) in [5.74, 6) is 2.02. The normalized spacial score (nSPS) is 24.8. The van der Waals surface area contributed by atoms with E-state index in [1.807, 2.05) is 6.07 Å². The van der Waals surface area contributed by atoms with Crippen molar-refractivity contribution in [3.8, 4) is 0 Å². The summed E-state index contributed by atoms with van der Waals surface area (Å²) in [5, 5.41) is 0. The van der Waals surface area contributed by atoms with Crippen LogP contribution in [0, 0.1) is 17.8 Å². The maximum absolute atomic E-state index is 12.4. The number of rotatable bonds is 3. The topological polar surface area (TPSA) is 17.1 Å². The molecule has 1 fully saturated rings. The number of Topliss-reactive ketones (excluding diaryl/α,β-unsaturated/α-hetero) is 1. The van der Waals surface area contributed by atoms with Crippen LogP contribution in [-0.2, 0) is 10.2 Å². The van der Waals surface area contributed by atoms with Crippen molar-refractivity contribution in [1.29, 1.82) is 0 Å². The SMILES string of the molecule is CC(C)[C@@H]1CCC(=O)[C@H](C(C)(C)c2ccccc2)C1. The average Bonchev–Trinajstić information content (AvgIpc) is 2.39. The molecule has 1 aromatic rings. The lowest BCUT2D eigenvalue weighted by Gasteiger charge is -2.40. The largest absolute Gasteiger partial charge is 0.299 e. The lowest BCUT2D eigenvalue weighted by atomic mass is 9.63. The minimum atomic E-state index is -0.0497. The molecule has 1 aromatic carbocycles. The van der Waals surface area contributed by atoms with Crippen molar-refractivity contribution in [1.82, 2.24) is 0 Å². The predicted molar refractivity (Wildman–Crippen MR) is 80.1 cm³/mol. The number of hydrogen-bond donors (Lipinski definition) is 0. The third kappa shape index (κ3) is 2.91. The fourth-order valence-electron chi connectivity index (χ4n) is 3.43. The van der Waals surface area contributed by atoms with Gasteiger partial charge in [-0.05, 0) is 35.7 Å². The van der Waals surface area contributed by atoms with Crippen LogP contribution in [0.2, 0.25) is 0 Å². The van der Waals surface area contributed by atoms with E-state index in [1.165, 1.54) is 5.56 Å². The Kier molecular flexibility index (Phi) is 4.13. The maximum Gasteiger partial charge on any atom is 0.136 e. The van der Waals surface area contributed by atoms with Crippen LogP contribution < -0.4 is 0 Å². The summed E-state index contributed by atoms with van der Waals surface area (Å²) >= 11 is 0. The van der Waals surface area contributed by atoms with Gasteiger partial charge in [0.25, 0.3) is 0 Å². The molecule has 0 bridgehead atoms. The number of carbonyl (C=O) groups excluding carboxylic acids is 1. The average molecular weight is 258 g/mol. The smallest absolute Gasteiger partial charge is 0.136 e. The summed E-state index contributed by atoms with van der Waals surface area (Å²) < 4.78 is 0. The summed E-state index contributed by atoms with van der Waals surface area (Å²) in [6, 6.07) is 10.5. The van der Waals surface area contributed by atoms with Gasteiger partial charge in [0, 0.05) is 12.3 Å². The van der Waals surface area contributed by atoms with E-state index in [4.69, 9.17) is 0 Å². The minimum Gasteiger partial charge on any atom is -0.299 e. The van der Waals surface area contributed by atoms with Gasteiger partial charge in [0.05, 0.1) is 0 Å². The molecule has 1 nitrogen and oxygen atoms in total. The van der Waals surface area contributed by atoms with E-state index in [2.05, 4.69) is 52.0 Å². The van der Waals surface area contributed by atoms with Gasteiger partial charge in [0.15, 0.2) is 0 Å². The summed E-state index contributed by atoms with van der Waals surface area (Å²) in [7, 11) is 0. The van der Waals surface area contributed by atoms with Crippen LogP contribution in [0.3, 0.4) is 0 Å². The van der Waals surface area contributed by atoms with Gasteiger partial charge in [-0.25, -0.2) is 0 Å². The molecule has 0 spiro atoms. The van der Waals surface area contributed by atoms with E-state index in [1.54, 1.807) is 0 Å². The number of carbonyl (C=O) groups is 1. The Bertz CT molecular complexity index is 430. The van der Waals surface area contributed by atoms with Crippen molar-refractivity contribution in [3.05, 3.63) is 35.9 Å². The molecule has 0 heterocycles. The van der Waals surface area contributed by atoms with Gasteiger partial charge < -0.3 is 0 Å². The van der Waals surface area contributed by atoms with Crippen LogP contribution in [0.25, 0.3) is 0 Å². The highest BCUT2D eigenvalue weighted by Crippen LogP contribution is 2.42. The zero-order chi connectivity index (χ0) is 14.0. The molecule has 1 heteroatoms. The van der Waals surface area contributed by atoms with Gasteiger partial charge in [0.1, 0.15) is 5.78 Å². The lowest BCUT2D eigenvalue weighted by molar-refractivity contribution is -0.128. The van der Waals surface area contributed by atoms with Gasteiger partial charge in [-0.3, -0.25) is 4.79 Å². The molecule has 0 unspecified atom stereocenters. The Morgan fingerprint density at radius 1 is 1.16 bits per heavy atom. The summed E-state index contributed by atoms with van der Waals surface area (Å²) in [6.45, 7) is 9.03. The van der Waals surface area contributed by atoms with Gasteiger partial charge in [-0.2, -0.15) is 0 Å². The van der Waals surface area contributed by atoms with Crippen LogP contribution in [0.1, 0.15) is 52.5 Å². The molecular formula is C18H26O. The number of benzene rings is 1. The fraction of sp³-hybridized carbons (Fsp3) is 0.611. The Hall–Kier alpha value is -1.11. The molecule has 0 amide bonds. The van der Waals surface area contributed by atoms with Crippen molar-refractivity contribution < 1.29 is 4.79 Å². The molecule has 0 aliphatic heterocycles. The molecule has 104 valence electrons. The first-order valence-corrected chi connectivity index (χ1v) is 7.51. The molecule has 0 N–H and O–H groups in total. The lowest BCUT2D eigenvalue weighted by Crippen LogP contribution is -2.40. The van der Waals surface area contributed by atoms with Gasteiger partial charge in [0.2, 0.25) is 0 Å². The van der Waals surface area contributed by atoms with Gasteiger partial charge >= 0.3 is 0 Å². The van der Waals surface area contributed by atoms with Crippen molar-refractivity contribution >= 4 is 5.78 Å². The summed E-state index contributed by atoms with van der Waals surface area (Å²) in [5.41, 5.74) is 1.24. The zero-order valence-corrected chi connectivity index (χ0v) is 12.6. The molecule has 2 atom stereocenters. The summed E-state index contributed by atoms with van der Waals surface area (Å²) in [6.07, 6.45) is 2.90. The highest BCUT2D eigenvalue weighted by molar-refractivity contribution is 5.83. The zero-order valence-electron chi connectivity index (χ0n) is 12.6. The van der Waals surface area contributed by atoms with Crippen LogP contribution >= 0.6 is 0 Å². The standard InChI is InChI=1S/C18H26O/c1-13(2)14-10-11-17(19)16(12-14)18(3,4)15-8-6-5-7-9-15/h5-9,13-14,16H,10-12H2,1-4H3/t14-,16-/m1/s1. The molecule has 0 radical (unpaired) electrons. The minimum absolute atomic E-state index is 0.0497. The molecule has 1 aliphatic rings. The Morgan fingerprint density at radius 3 is 2.37 bits per heavy atom. The van der Waals surface area contributed by atoms with Crippen LogP contribution in [-0.4, -0.2) is 5.78 Å². The third-order valence-corrected chi connectivity index (χ3v) is 5.02. The second-order valence-corrected chi connectivity index (χ2v) is 6.89. The Balaban J connectivity index is 2.25. The predicted octanol–water partition coefficient (Wildman–Crippen LogP) is 4.61. The van der Waals surface area contributed by atoms with E-state index in [0.29, 0.717) is 17.6 Å². The highest BCUT2D eigenvalue weighted by atomic mass is 16.1. The third-order valence-electron chi connectivity index (χ3n) is 5.02. The molecular weight excluding hydrogens is 232 g/mol. The maximum atomic E-state index is 12.4. The van der Waals surface area contributed by atoms with Crippen molar-refractivity contribution in [2.24, 2.45) is 17.8 Å². The van der Waals surface area contributed by atoms with Crippen LogP contribution in [0.4, 0.5) is 0 Å². The number of ketones is 1. The monoisotopic (exact) mass is 258 g/mol. The van der Waals surface area contributed by atoms with E-state index >= 15 is 0 Å². The molecule has 2 rings (SSSR count). The number of hydrogen-bond acceptors (Lipinski definition) is 1. The van der Waals surface area contributed by atoms with Gasteiger partial charge in [-0.1, -0.05) is 58.0 Å². The highest BCUT2D eigenvalue weighted by Gasteiger charge is 2.40.